The summed E-state index contributed by atoms with van der Waals surface area (Å²) in [5.74, 6) is 1.38. The number of aryl methyl sites for hydroxylation is 2. The van der Waals surface area contributed by atoms with E-state index in [1.165, 1.54) is 29.5 Å². The van der Waals surface area contributed by atoms with Crippen molar-refractivity contribution in [2.24, 2.45) is 11.8 Å². The zero-order valence-corrected chi connectivity index (χ0v) is 13.4. The van der Waals surface area contributed by atoms with E-state index in [-0.39, 0.29) is 0 Å². The van der Waals surface area contributed by atoms with Crippen LogP contribution in [-0.4, -0.2) is 13.0 Å². The van der Waals surface area contributed by atoms with Crippen LogP contribution >= 0.6 is 0 Å². The second kappa shape index (κ2) is 8.78. The Bertz CT molecular complexity index is 412. The first kappa shape index (κ1) is 16.7. The number of hydrogen-bond acceptors (Lipinski definition) is 1. The molecule has 0 aliphatic heterocycles. The molecule has 20 heavy (non-hydrogen) atoms. The normalized spacial score (nSPS) is 12.4. The molecule has 2 nitrogen and oxygen atoms in total. The Morgan fingerprint density at radius 2 is 1.95 bits per heavy atom. The average molecular weight is 275 g/mol. The highest BCUT2D eigenvalue weighted by atomic mass is 16.1. The molecule has 0 spiro atoms. The molecule has 1 amide bonds. The molecule has 0 radical (unpaired) electrons. The van der Waals surface area contributed by atoms with Gasteiger partial charge in [0.15, 0.2) is 0 Å². The zero-order valence-electron chi connectivity index (χ0n) is 13.4. The summed E-state index contributed by atoms with van der Waals surface area (Å²) in [7, 11) is 0. The molecule has 112 valence electrons. The molecular formula is C18H29NO. The first-order chi connectivity index (χ1) is 9.56. The lowest BCUT2D eigenvalue weighted by Crippen LogP contribution is -2.19. The van der Waals surface area contributed by atoms with Gasteiger partial charge in [-0.3, -0.25) is 4.79 Å². The molecule has 1 N–H and O–H groups in total. The fourth-order valence-corrected chi connectivity index (χ4v) is 2.78. The van der Waals surface area contributed by atoms with Gasteiger partial charge < -0.3 is 5.32 Å². The molecule has 0 fully saturated rings. The van der Waals surface area contributed by atoms with Crippen molar-refractivity contribution < 1.29 is 4.79 Å². The lowest BCUT2D eigenvalue weighted by molar-refractivity contribution is -0.109. The zero-order chi connectivity index (χ0) is 15.0. The van der Waals surface area contributed by atoms with E-state index >= 15 is 0 Å². The van der Waals surface area contributed by atoms with Crippen molar-refractivity contribution in [2.45, 2.75) is 53.4 Å². The van der Waals surface area contributed by atoms with E-state index < -0.39 is 0 Å². The van der Waals surface area contributed by atoms with Gasteiger partial charge in [0.2, 0.25) is 6.41 Å². The molecule has 1 aromatic carbocycles. The van der Waals surface area contributed by atoms with Crippen LogP contribution in [0.4, 0.5) is 0 Å². The van der Waals surface area contributed by atoms with Crippen LogP contribution in [0, 0.1) is 25.7 Å². The second-order valence-electron chi connectivity index (χ2n) is 6.12. The quantitative estimate of drug-likeness (QED) is 0.535. The second-order valence-corrected chi connectivity index (χ2v) is 6.12. The first-order valence-electron chi connectivity index (χ1n) is 7.78. The van der Waals surface area contributed by atoms with Gasteiger partial charge in [-0.1, -0.05) is 32.0 Å². The van der Waals surface area contributed by atoms with E-state index in [1.54, 1.807) is 0 Å². The summed E-state index contributed by atoms with van der Waals surface area (Å²) in [6, 6.07) is 6.59. The number of hydrogen-bond donors (Lipinski definition) is 1. The minimum atomic E-state index is 0.682. The third-order valence-corrected chi connectivity index (χ3v) is 4.42. The number of benzene rings is 1. The molecule has 1 rings (SSSR count). The smallest absolute Gasteiger partial charge is 0.207 e. The van der Waals surface area contributed by atoms with Gasteiger partial charge in [0.1, 0.15) is 0 Å². The SMILES string of the molecule is Cc1cccc(CCCC(CCNC=O)C(C)C)c1C. The van der Waals surface area contributed by atoms with Gasteiger partial charge in [0, 0.05) is 6.54 Å². The molecule has 0 aliphatic rings. The fraction of sp³-hybridized carbons (Fsp3) is 0.611. The summed E-state index contributed by atoms with van der Waals surface area (Å²) >= 11 is 0. The first-order valence-corrected chi connectivity index (χ1v) is 7.78. The van der Waals surface area contributed by atoms with Gasteiger partial charge in [-0.05, 0) is 68.1 Å². The highest BCUT2D eigenvalue weighted by Gasteiger charge is 2.13. The van der Waals surface area contributed by atoms with Crippen molar-refractivity contribution >= 4 is 6.41 Å². The Morgan fingerprint density at radius 1 is 1.20 bits per heavy atom. The average Bonchev–Trinajstić information content (AvgIpc) is 2.41. The van der Waals surface area contributed by atoms with Crippen LogP contribution in [0.15, 0.2) is 18.2 Å². The van der Waals surface area contributed by atoms with Crippen molar-refractivity contribution in [3.63, 3.8) is 0 Å². The van der Waals surface area contributed by atoms with Crippen LogP contribution in [0.1, 0.15) is 49.8 Å². The lowest BCUT2D eigenvalue weighted by Gasteiger charge is -2.21. The van der Waals surface area contributed by atoms with Gasteiger partial charge in [-0.15, -0.1) is 0 Å². The number of nitrogens with one attached hydrogen (secondary N) is 1. The molecule has 1 aromatic rings. The Kier molecular flexibility index (Phi) is 7.35. The maximum absolute atomic E-state index is 10.3. The van der Waals surface area contributed by atoms with E-state index in [9.17, 15) is 4.79 Å². The van der Waals surface area contributed by atoms with Crippen LogP contribution in [-0.2, 0) is 11.2 Å². The van der Waals surface area contributed by atoms with Gasteiger partial charge in [-0.2, -0.15) is 0 Å². The topological polar surface area (TPSA) is 29.1 Å². The summed E-state index contributed by atoms with van der Waals surface area (Å²) in [6.45, 7) is 9.77. The lowest BCUT2D eigenvalue weighted by atomic mass is 9.86. The Hall–Kier alpha value is -1.31. The molecule has 0 saturated heterocycles. The monoisotopic (exact) mass is 275 g/mol. The van der Waals surface area contributed by atoms with Crippen LogP contribution in [0.2, 0.25) is 0 Å². The van der Waals surface area contributed by atoms with Crippen LogP contribution in [0.5, 0.6) is 0 Å². The van der Waals surface area contributed by atoms with E-state index in [0.29, 0.717) is 11.8 Å². The minimum Gasteiger partial charge on any atom is -0.359 e. The summed E-state index contributed by atoms with van der Waals surface area (Å²) in [5, 5.41) is 2.78. The summed E-state index contributed by atoms with van der Waals surface area (Å²) < 4.78 is 0. The summed E-state index contributed by atoms with van der Waals surface area (Å²) in [6.07, 6.45) is 5.52. The standard InChI is InChI=1S/C18H29NO/c1-14(2)17(11-12-19-13-20)8-6-10-18-9-5-7-15(3)16(18)4/h5,7,9,13-14,17H,6,8,10-12H2,1-4H3,(H,19,20). The van der Waals surface area contributed by atoms with Crippen LogP contribution in [0.3, 0.4) is 0 Å². The molecule has 0 heterocycles. The minimum absolute atomic E-state index is 0.682. The van der Waals surface area contributed by atoms with E-state index in [4.69, 9.17) is 0 Å². The Labute approximate surface area is 124 Å². The predicted octanol–water partition coefficient (Wildman–Crippen LogP) is 4.03. The Balaban J connectivity index is 2.43. The third-order valence-electron chi connectivity index (χ3n) is 4.42. The molecule has 1 atom stereocenters. The van der Waals surface area contributed by atoms with E-state index in [0.717, 1.165) is 25.8 Å². The third kappa shape index (κ3) is 5.36. The van der Waals surface area contributed by atoms with Crippen molar-refractivity contribution in [3.05, 3.63) is 34.9 Å². The Morgan fingerprint density at radius 3 is 2.60 bits per heavy atom. The molecule has 1 unspecified atom stereocenters. The maximum Gasteiger partial charge on any atom is 0.207 e. The van der Waals surface area contributed by atoms with Crippen LogP contribution in [0.25, 0.3) is 0 Å². The number of carbonyl (C=O) groups excluding carboxylic acids is 1. The van der Waals surface area contributed by atoms with Crippen molar-refractivity contribution in [1.82, 2.24) is 5.32 Å². The maximum atomic E-state index is 10.3. The molecule has 0 aliphatic carbocycles. The molecular weight excluding hydrogens is 246 g/mol. The van der Waals surface area contributed by atoms with Gasteiger partial charge in [0.25, 0.3) is 0 Å². The fourth-order valence-electron chi connectivity index (χ4n) is 2.78. The van der Waals surface area contributed by atoms with Gasteiger partial charge >= 0.3 is 0 Å². The number of rotatable bonds is 9. The van der Waals surface area contributed by atoms with Crippen molar-refractivity contribution in [3.8, 4) is 0 Å². The largest absolute Gasteiger partial charge is 0.359 e. The summed E-state index contributed by atoms with van der Waals surface area (Å²) in [5.41, 5.74) is 4.31. The summed E-state index contributed by atoms with van der Waals surface area (Å²) in [4.78, 5) is 10.3. The highest BCUT2D eigenvalue weighted by Crippen LogP contribution is 2.23. The molecule has 0 saturated carbocycles. The van der Waals surface area contributed by atoms with E-state index in [2.05, 4.69) is 51.2 Å². The molecule has 2 heteroatoms. The highest BCUT2D eigenvalue weighted by molar-refractivity contribution is 5.45. The van der Waals surface area contributed by atoms with Crippen molar-refractivity contribution in [1.29, 1.82) is 0 Å². The van der Waals surface area contributed by atoms with Gasteiger partial charge in [0.05, 0.1) is 0 Å². The molecule has 0 aromatic heterocycles. The van der Waals surface area contributed by atoms with Crippen molar-refractivity contribution in [2.75, 3.05) is 6.54 Å². The predicted molar refractivity (Wildman–Crippen MR) is 85.9 cm³/mol. The van der Waals surface area contributed by atoms with Gasteiger partial charge in [-0.25, -0.2) is 0 Å². The molecule has 0 bridgehead atoms. The van der Waals surface area contributed by atoms with E-state index in [1.807, 2.05) is 0 Å². The number of amides is 1. The number of carbonyl (C=O) groups is 1. The van der Waals surface area contributed by atoms with Crippen LogP contribution < -0.4 is 5.32 Å².